The molecule has 0 aliphatic carbocycles. The number of sulfone groups is 1. The smallest absolute Gasteiger partial charge is 0.330 e. The summed E-state index contributed by atoms with van der Waals surface area (Å²) < 4.78 is 25.8. The van der Waals surface area contributed by atoms with E-state index in [2.05, 4.69) is 4.98 Å². The Morgan fingerprint density at radius 1 is 1.04 bits per heavy atom. The molecule has 0 radical (unpaired) electrons. The van der Waals surface area contributed by atoms with Crippen molar-refractivity contribution in [2.24, 2.45) is 0 Å². The van der Waals surface area contributed by atoms with Crippen LogP contribution in [-0.4, -0.2) is 18.3 Å². The first kappa shape index (κ1) is 15.9. The number of benzene rings is 2. The van der Waals surface area contributed by atoms with Crippen LogP contribution in [-0.2, 0) is 15.6 Å². The first-order valence-corrected chi connectivity index (χ1v) is 8.64. The van der Waals surface area contributed by atoms with E-state index in [0.717, 1.165) is 0 Å². The number of nitro groups is 1. The Morgan fingerprint density at radius 2 is 1.67 bits per heavy atom. The zero-order valence-electron chi connectivity index (χ0n) is 12.4. The first-order chi connectivity index (χ1) is 11.4. The Hall–Kier alpha value is -3.00. The van der Waals surface area contributed by atoms with Crippen molar-refractivity contribution in [2.45, 2.75) is 10.6 Å². The zero-order chi connectivity index (χ0) is 17.3. The molecule has 0 fully saturated rings. The molecule has 0 atom stereocenters. The van der Waals surface area contributed by atoms with Gasteiger partial charge in [-0.2, -0.15) is 0 Å². The number of nitrogen functional groups attached to an aromatic ring is 1. The van der Waals surface area contributed by atoms with Gasteiger partial charge in [0.25, 0.3) is 0 Å². The minimum absolute atomic E-state index is 0.189. The lowest BCUT2D eigenvalue weighted by atomic mass is 10.2. The Kier molecular flexibility index (Phi) is 3.90. The van der Waals surface area contributed by atoms with Crippen LogP contribution in [0.2, 0.25) is 0 Å². The van der Waals surface area contributed by atoms with E-state index in [9.17, 15) is 18.5 Å². The molecule has 122 valence electrons. The first-order valence-electron chi connectivity index (χ1n) is 6.99. The molecule has 0 aliphatic rings. The molecular formula is C16H13N3O4S. The highest BCUT2D eigenvalue weighted by molar-refractivity contribution is 7.91. The molecule has 7 nitrogen and oxygen atoms in total. The van der Waals surface area contributed by atoms with E-state index < -0.39 is 26.3 Å². The third-order valence-corrected chi connectivity index (χ3v) is 5.29. The van der Waals surface area contributed by atoms with Crippen LogP contribution in [0.15, 0.2) is 59.5 Å². The molecule has 1 heterocycles. The molecule has 3 rings (SSSR count). The lowest BCUT2D eigenvalue weighted by molar-refractivity contribution is -0.386. The van der Waals surface area contributed by atoms with Crippen LogP contribution < -0.4 is 5.73 Å². The normalized spacial score (nSPS) is 11.5. The van der Waals surface area contributed by atoms with Gasteiger partial charge in [0.15, 0.2) is 14.7 Å². The maximum Gasteiger partial charge on any atom is 0.330 e. The van der Waals surface area contributed by atoms with E-state index in [1.165, 1.54) is 6.07 Å². The SMILES string of the molecule is Nc1nc2ccccc2c(S(=O)(=O)Cc2ccccc2)c1[N+](=O)[O-]. The number of nitrogens with zero attached hydrogens (tertiary/aromatic N) is 2. The van der Waals surface area contributed by atoms with Gasteiger partial charge in [-0.25, -0.2) is 13.4 Å². The van der Waals surface area contributed by atoms with Gasteiger partial charge in [0.05, 0.1) is 16.2 Å². The van der Waals surface area contributed by atoms with Crippen LogP contribution in [0.3, 0.4) is 0 Å². The molecule has 1 aromatic heterocycles. The fourth-order valence-corrected chi connectivity index (χ4v) is 4.30. The van der Waals surface area contributed by atoms with Gasteiger partial charge in [0.1, 0.15) is 0 Å². The number of anilines is 1. The van der Waals surface area contributed by atoms with E-state index in [1.807, 2.05) is 0 Å². The summed E-state index contributed by atoms with van der Waals surface area (Å²) in [6.45, 7) is 0. The molecule has 0 saturated heterocycles. The monoisotopic (exact) mass is 343 g/mol. The van der Waals surface area contributed by atoms with Crippen molar-refractivity contribution in [1.29, 1.82) is 0 Å². The number of hydrogen-bond acceptors (Lipinski definition) is 6. The van der Waals surface area contributed by atoms with Crippen molar-refractivity contribution < 1.29 is 13.3 Å². The Bertz CT molecular complexity index is 1030. The summed E-state index contributed by atoms with van der Waals surface area (Å²) in [4.78, 5) is 14.2. The van der Waals surface area contributed by atoms with Gasteiger partial charge < -0.3 is 5.73 Å². The number of nitrogens with two attached hydrogens (primary N) is 1. The quantitative estimate of drug-likeness (QED) is 0.575. The minimum Gasteiger partial charge on any atom is -0.378 e. The zero-order valence-corrected chi connectivity index (χ0v) is 13.2. The van der Waals surface area contributed by atoms with Crippen LogP contribution in [0.4, 0.5) is 11.5 Å². The second-order valence-corrected chi connectivity index (χ2v) is 7.12. The van der Waals surface area contributed by atoms with Gasteiger partial charge in [-0.05, 0) is 11.6 Å². The van der Waals surface area contributed by atoms with Crippen molar-refractivity contribution >= 4 is 32.2 Å². The van der Waals surface area contributed by atoms with Crippen molar-refractivity contribution in [3.63, 3.8) is 0 Å². The topological polar surface area (TPSA) is 116 Å². The maximum atomic E-state index is 12.9. The van der Waals surface area contributed by atoms with Crippen LogP contribution in [0.5, 0.6) is 0 Å². The third kappa shape index (κ3) is 2.79. The van der Waals surface area contributed by atoms with Gasteiger partial charge in [-0.1, -0.05) is 48.5 Å². The highest BCUT2D eigenvalue weighted by Crippen LogP contribution is 2.36. The Morgan fingerprint density at radius 3 is 2.33 bits per heavy atom. The number of pyridine rings is 1. The maximum absolute atomic E-state index is 12.9. The summed E-state index contributed by atoms with van der Waals surface area (Å²) >= 11 is 0. The third-order valence-electron chi connectivity index (χ3n) is 3.54. The lowest BCUT2D eigenvalue weighted by Gasteiger charge is -2.10. The summed E-state index contributed by atoms with van der Waals surface area (Å²) in [5.74, 6) is -0.771. The van der Waals surface area contributed by atoms with E-state index in [0.29, 0.717) is 11.1 Å². The molecule has 2 N–H and O–H groups in total. The second-order valence-electron chi connectivity index (χ2n) is 5.19. The van der Waals surface area contributed by atoms with E-state index in [1.54, 1.807) is 48.5 Å². The van der Waals surface area contributed by atoms with Gasteiger partial charge in [0.2, 0.25) is 5.82 Å². The van der Waals surface area contributed by atoms with Crippen LogP contribution >= 0.6 is 0 Å². The lowest BCUT2D eigenvalue weighted by Crippen LogP contribution is -2.11. The largest absolute Gasteiger partial charge is 0.378 e. The molecule has 8 heteroatoms. The van der Waals surface area contributed by atoms with Gasteiger partial charge in [0, 0.05) is 5.39 Å². The van der Waals surface area contributed by atoms with Gasteiger partial charge >= 0.3 is 5.69 Å². The van der Waals surface area contributed by atoms with Crippen molar-refractivity contribution in [2.75, 3.05) is 5.73 Å². The standard InChI is InChI=1S/C16H13N3O4S/c17-16-14(19(20)21)15(12-8-4-5-9-13(12)18-16)24(22,23)10-11-6-2-1-3-7-11/h1-9H,10H2,(H2,17,18). The van der Waals surface area contributed by atoms with Crippen molar-refractivity contribution in [3.05, 3.63) is 70.3 Å². The average molecular weight is 343 g/mol. The molecule has 2 aromatic carbocycles. The van der Waals surface area contributed by atoms with E-state index in [-0.39, 0.29) is 16.0 Å². The van der Waals surface area contributed by atoms with Crippen molar-refractivity contribution in [3.8, 4) is 0 Å². The second kappa shape index (κ2) is 5.89. The summed E-state index contributed by atoms with van der Waals surface area (Å²) in [6, 6.07) is 14.8. The Balaban J connectivity index is 2.31. The van der Waals surface area contributed by atoms with Crippen LogP contribution in [0.1, 0.15) is 5.56 Å². The van der Waals surface area contributed by atoms with Gasteiger partial charge in [-0.15, -0.1) is 0 Å². The van der Waals surface area contributed by atoms with Gasteiger partial charge in [-0.3, -0.25) is 10.1 Å². The molecule has 0 amide bonds. The van der Waals surface area contributed by atoms with E-state index >= 15 is 0 Å². The average Bonchev–Trinajstić information content (AvgIpc) is 2.53. The molecule has 0 bridgehead atoms. The molecule has 0 unspecified atom stereocenters. The van der Waals surface area contributed by atoms with E-state index in [4.69, 9.17) is 5.73 Å². The highest BCUT2D eigenvalue weighted by Gasteiger charge is 2.32. The highest BCUT2D eigenvalue weighted by atomic mass is 32.2. The summed E-state index contributed by atoms with van der Waals surface area (Å²) in [5.41, 5.74) is 5.82. The Labute approximate surface area is 137 Å². The van der Waals surface area contributed by atoms with Crippen LogP contribution in [0.25, 0.3) is 10.9 Å². The fourth-order valence-electron chi connectivity index (χ4n) is 2.55. The number of para-hydroxylation sites is 1. The molecule has 24 heavy (non-hydrogen) atoms. The number of rotatable bonds is 4. The summed E-state index contributed by atoms with van der Waals surface area (Å²) in [7, 11) is -4.00. The number of hydrogen-bond donors (Lipinski definition) is 1. The molecule has 0 spiro atoms. The predicted molar refractivity (Wildman–Crippen MR) is 90.1 cm³/mol. The molecular weight excluding hydrogens is 330 g/mol. The number of aromatic nitrogens is 1. The van der Waals surface area contributed by atoms with Crippen molar-refractivity contribution in [1.82, 2.24) is 4.98 Å². The molecule has 0 saturated carbocycles. The van der Waals surface area contributed by atoms with Crippen LogP contribution in [0, 0.1) is 10.1 Å². The summed E-state index contributed by atoms with van der Waals surface area (Å²) in [5, 5.41) is 11.6. The summed E-state index contributed by atoms with van der Waals surface area (Å²) in [6.07, 6.45) is 0. The predicted octanol–water partition coefficient (Wildman–Crippen LogP) is 2.70. The molecule has 3 aromatic rings. The fraction of sp³-hybridized carbons (Fsp3) is 0.0625. The minimum atomic E-state index is -4.00. The molecule has 0 aliphatic heterocycles. The number of fused-ring (bicyclic) bond motifs is 1.